The molecular formula is C9H16N2O. The van der Waals surface area contributed by atoms with Gasteiger partial charge in [-0.15, -0.1) is 0 Å². The van der Waals surface area contributed by atoms with Gasteiger partial charge in [0, 0.05) is 6.54 Å². The minimum atomic E-state index is -0.0747. The number of nitrogens with one attached hydrogen (secondary N) is 1. The first-order chi connectivity index (χ1) is 5.74. The maximum absolute atomic E-state index is 10.8. The lowest BCUT2D eigenvalue weighted by molar-refractivity contribution is -0.119. The zero-order valence-corrected chi connectivity index (χ0v) is 7.52. The van der Waals surface area contributed by atoms with Gasteiger partial charge >= 0.3 is 0 Å². The van der Waals surface area contributed by atoms with Crippen LogP contribution < -0.4 is 11.1 Å². The Morgan fingerprint density at radius 3 is 2.67 bits per heavy atom. The summed E-state index contributed by atoms with van der Waals surface area (Å²) in [7, 11) is 0. The molecule has 0 aromatic rings. The number of nitrogens with two attached hydrogens (primary N) is 1. The third kappa shape index (κ3) is 2.34. The summed E-state index contributed by atoms with van der Waals surface area (Å²) in [6, 6.07) is 0. The maximum atomic E-state index is 10.8. The molecule has 0 aromatic carbocycles. The van der Waals surface area contributed by atoms with Gasteiger partial charge in [0.25, 0.3) is 0 Å². The summed E-state index contributed by atoms with van der Waals surface area (Å²) >= 11 is 0. The maximum Gasteiger partial charge on any atom is 0.233 e. The average molecular weight is 168 g/mol. The molecule has 68 valence electrons. The summed E-state index contributed by atoms with van der Waals surface area (Å²) in [6.45, 7) is 2.83. The number of rotatable bonds is 3. The van der Waals surface area contributed by atoms with Crippen molar-refractivity contribution in [3.63, 3.8) is 0 Å². The van der Waals surface area contributed by atoms with Crippen LogP contribution >= 0.6 is 0 Å². The Hall–Kier alpha value is -0.830. The molecule has 1 fully saturated rings. The van der Waals surface area contributed by atoms with E-state index in [9.17, 15) is 4.79 Å². The van der Waals surface area contributed by atoms with E-state index in [0.29, 0.717) is 6.54 Å². The first-order valence-electron chi connectivity index (χ1n) is 4.38. The van der Waals surface area contributed by atoms with E-state index in [1.807, 2.05) is 0 Å². The number of carbonyl (C=O) groups is 1. The van der Waals surface area contributed by atoms with Crippen molar-refractivity contribution < 1.29 is 4.79 Å². The molecule has 3 heteroatoms. The molecule has 1 aliphatic carbocycles. The monoisotopic (exact) mass is 168 g/mol. The molecule has 0 radical (unpaired) electrons. The first kappa shape index (κ1) is 9.26. The zero-order valence-electron chi connectivity index (χ0n) is 7.52. The van der Waals surface area contributed by atoms with Gasteiger partial charge in [-0.2, -0.15) is 0 Å². The third-order valence-electron chi connectivity index (χ3n) is 2.30. The van der Waals surface area contributed by atoms with Crippen LogP contribution in [-0.4, -0.2) is 19.0 Å². The predicted octanol–water partition coefficient (Wildman–Crippen LogP) is 0.562. The molecular weight excluding hydrogens is 152 g/mol. The fraction of sp³-hybridized carbons (Fsp3) is 0.667. The largest absolute Gasteiger partial charge is 0.351 e. The fourth-order valence-electron chi connectivity index (χ4n) is 1.21. The molecule has 1 rings (SSSR count). The van der Waals surface area contributed by atoms with Crippen molar-refractivity contribution in [2.24, 2.45) is 5.73 Å². The molecule has 0 spiro atoms. The molecule has 1 saturated carbocycles. The smallest absolute Gasteiger partial charge is 0.233 e. The topological polar surface area (TPSA) is 55.1 Å². The van der Waals surface area contributed by atoms with Crippen molar-refractivity contribution in [3.8, 4) is 0 Å². The van der Waals surface area contributed by atoms with E-state index in [-0.39, 0.29) is 12.5 Å². The van der Waals surface area contributed by atoms with Crippen LogP contribution in [0.4, 0.5) is 0 Å². The highest BCUT2D eigenvalue weighted by molar-refractivity contribution is 5.77. The summed E-state index contributed by atoms with van der Waals surface area (Å²) in [5.74, 6) is -0.0747. The van der Waals surface area contributed by atoms with E-state index >= 15 is 0 Å². The van der Waals surface area contributed by atoms with Crippen LogP contribution in [0.1, 0.15) is 26.2 Å². The molecule has 0 unspecified atom stereocenters. The summed E-state index contributed by atoms with van der Waals surface area (Å²) in [4.78, 5) is 10.8. The lowest BCUT2D eigenvalue weighted by atomic mass is 9.88. The lowest BCUT2D eigenvalue weighted by Gasteiger charge is -2.20. The average Bonchev–Trinajstić information content (AvgIpc) is 1.97. The highest BCUT2D eigenvalue weighted by Gasteiger charge is 2.11. The fourth-order valence-corrected chi connectivity index (χ4v) is 1.21. The number of hydrogen-bond donors (Lipinski definition) is 2. The number of allylic oxidation sites excluding steroid dienone is 1. The molecule has 0 atom stereocenters. The SMILES string of the molecule is CC(CNC(=O)CN)=C1CCC1. The van der Waals surface area contributed by atoms with Crippen LogP contribution in [0, 0.1) is 0 Å². The standard InChI is InChI=1S/C9H16N2O/c1-7(8-3-2-4-8)6-11-9(12)5-10/h2-6,10H2,1H3,(H,11,12). The van der Waals surface area contributed by atoms with Gasteiger partial charge < -0.3 is 11.1 Å². The molecule has 1 amide bonds. The van der Waals surface area contributed by atoms with Crippen molar-refractivity contribution in [2.75, 3.05) is 13.1 Å². The van der Waals surface area contributed by atoms with Crippen molar-refractivity contribution in [3.05, 3.63) is 11.1 Å². The molecule has 12 heavy (non-hydrogen) atoms. The van der Waals surface area contributed by atoms with Crippen LogP contribution in [0.5, 0.6) is 0 Å². The van der Waals surface area contributed by atoms with Crippen LogP contribution in [0.2, 0.25) is 0 Å². The van der Waals surface area contributed by atoms with Gasteiger partial charge in [0.05, 0.1) is 6.54 Å². The van der Waals surface area contributed by atoms with Gasteiger partial charge in [-0.3, -0.25) is 4.79 Å². The van der Waals surface area contributed by atoms with Gasteiger partial charge in [-0.05, 0) is 26.2 Å². The third-order valence-corrected chi connectivity index (χ3v) is 2.30. The van der Waals surface area contributed by atoms with E-state index in [1.54, 1.807) is 0 Å². The van der Waals surface area contributed by atoms with Crippen molar-refractivity contribution in [2.45, 2.75) is 26.2 Å². The normalized spacial score (nSPS) is 15.3. The Bertz CT molecular complexity index is 203. The Kier molecular flexibility index (Phi) is 3.29. The first-order valence-corrected chi connectivity index (χ1v) is 4.38. The van der Waals surface area contributed by atoms with Gasteiger partial charge in [0.2, 0.25) is 5.91 Å². The van der Waals surface area contributed by atoms with E-state index < -0.39 is 0 Å². The van der Waals surface area contributed by atoms with Crippen LogP contribution in [0.25, 0.3) is 0 Å². The Labute approximate surface area is 73.0 Å². The highest BCUT2D eigenvalue weighted by atomic mass is 16.1. The minimum absolute atomic E-state index is 0.0747. The summed E-state index contributed by atoms with van der Waals surface area (Å²) < 4.78 is 0. The molecule has 0 bridgehead atoms. The molecule has 0 heterocycles. The summed E-state index contributed by atoms with van der Waals surface area (Å²) in [5, 5.41) is 2.76. The second-order valence-corrected chi connectivity index (χ2v) is 3.22. The minimum Gasteiger partial charge on any atom is -0.351 e. The van der Waals surface area contributed by atoms with Crippen molar-refractivity contribution in [1.82, 2.24) is 5.32 Å². The molecule has 1 aliphatic rings. The predicted molar refractivity (Wildman–Crippen MR) is 48.6 cm³/mol. The second-order valence-electron chi connectivity index (χ2n) is 3.22. The molecule has 0 saturated heterocycles. The van der Waals surface area contributed by atoms with Gasteiger partial charge in [0.15, 0.2) is 0 Å². The summed E-state index contributed by atoms with van der Waals surface area (Å²) in [5.41, 5.74) is 7.97. The van der Waals surface area contributed by atoms with Crippen LogP contribution in [0.3, 0.4) is 0 Å². The molecule has 3 nitrogen and oxygen atoms in total. The second kappa shape index (κ2) is 4.26. The number of amides is 1. The van der Waals surface area contributed by atoms with E-state index in [4.69, 9.17) is 5.73 Å². The number of hydrogen-bond acceptors (Lipinski definition) is 2. The molecule has 0 aliphatic heterocycles. The Balaban J connectivity index is 2.26. The quantitative estimate of drug-likeness (QED) is 0.605. The van der Waals surface area contributed by atoms with E-state index in [1.165, 1.54) is 30.4 Å². The summed E-state index contributed by atoms with van der Waals surface area (Å²) in [6.07, 6.45) is 3.73. The van der Waals surface area contributed by atoms with Crippen molar-refractivity contribution >= 4 is 5.91 Å². The van der Waals surface area contributed by atoms with Crippen LogP contribution in [0.15, 0.2) is 11.1 Å². The Morgan fingerprint density at radius 1 is 1.58 bits per heavy atom. The van der Waals surface area contributed by atoms with Gasteiger partial charge in [-0.25, -0.2) is 0 Å². The zero-order chi connectivity index (χ0) is 8.97. The highest BCUT2D eigenvalue weighted by Crippen LogP contribution is 2.27. The molecule has 0 aromatic heterocycles. The Morgan fingerprint density at radius 2 is 2.25 bits per heavy atom. The van der Waals surface area contributed by atoms with E-state index in [2.05, 4.69) is 12.2 Å². The van der Waals surface area contributed by atoms with Gasteiger partial charge in [-0.1, -0.05) is 11.1 Å². The van der Waals surface area contributed by atoms with E-state index in [0.717, 1.165) is 0 Å². The van der Waals surface area contributed by atoms with Crippen LogP contribution in [-0.2, 0) is 4.79 Å². The number of carbonyl (C=O) groups excluding carboxylic acids is 1. The lowest BCUT2D eigenvalue weighted by Crippen LogP contribution is -2.31. The van der Waals surface area contributed by atoms with Gasteiger partial charge in [0.1, 0.15) is 0 Å². The molecule has 3 N–H and O–H groups in total. The van der Waals surface area contributed by atoms with Crippen molar-refractivity contribution in [1.29, 1.82) is 0 Å².